The molecule has 0 unspecified atom stereocenters. The van der Waals surface area contributed by atoms with Gasteiger partial charge in [0, 0.05) is 18.4 Å². The summed E-state index contributed by atoms with van der Waals surface area (Å²) in [4.78, 5) is 23.2. The smallest absolute Gasteiger partial charge is 0.407 e. The molecular formula is C23H27NO4. The van der Waals surface area contributed by atoms with Gasteiger partial charge in [-0.05, 0) is 41.0 Å². The minimum Gasteiger partial charge on any atom is -0.481 e. The number of carboxylic acid groups (broad SMARTS) is 1. The number of fused-ring (bicyclic) bond motifs is 3. The maximum absolute atomic E-state index is 12.4. The van der Waals surface area contributed by atoms with E-state index in [2.05, 4.69) is 29.6 Å². The van der Waals surface area contributed by atoms with Gasteiger partial charge in [-0.1, -0.05) is 62.4 Å². The van der Waals surface area contributed by atoms with E-state index in [9.17, 15) is 9.59 Å². The average molecular weight is 381 g/mol. The molecule has 0 saturated heterocycles. The molecule has 0 radical (unpaired) electrons. The lowest BCUT2D eigenvalue weighted by Gasteiger charge is -2.21. The fourth-order valence-electron chi connectivity index (χ4n) is 3.92. The number of aliphatic carboxylic acids is 1. The Balaban J connectivity index is 1.64. The van der Waals surface area contributed by atoms with E-state index in [-0.39, 0.29) is 25.0 Å². The van der Waals surface area contributed by atoms with E-state index in [0.717, 1.165) is 6.42 Å². The van der Waals surface area contributed by atoms with E-state index in [1.807, 2.05) is 38.1 Å². The molecule has 0 aliphatic heterocycles. The van der Waals surface area contributed by atoms with Crippen molar-refractivity contribution in [2.24, 2.45) is 5.92 Å². The highest BCUT2D eigenvalue weighted by Gasteiger charge is 2.29. The zero-order valence-corrected chi connectivity index (χ0v) is 16.4. The molecule has 0 aromatic heterocycles. The third kappa shape index (κ3) is 4.71. The first-order valence-corrected chi connectivity index (χ1v) is 9.79. The number of rotatable bonds is 8. The van der Waals surface area contributed by atoms with Crippen molar-refractivity contribution in [3.8, 4) is 11.1 Å². The van der Waals surface area contributed by atoms with E-state index in [0.29, 0.717) is 12.3 Å². The van der Waals surface area contributed by atoms with Crippen LogP contribution in [0.2, 0.25) is 0 Å². The molecule has 148 valence electrons. The van der Waals surface area contributed by atoms with Gasteiger partial charge in [-0.2, -0.15) is 0 Å². The number of carbonyl (C=O) groups excluding carboxylic acids is 1. The number of benzene rings is 2. The third-order valence-electron chi connectivity index (χ3n) is 5.13. The molecule has 2 aromatic carbocycles. The van der Waals surface area contributed by atoms with E-state index in [1.54, 1.807) is 0 Å². The van der Waals surface area contributed by atoms with Crippen molar-refractivity contribution in [2.75, 3.05) is 6.61 Å². The van der Waals surface area contributed by atoms with Crippen molar-refractivity contribution in [1.82, 2.24) is 5.32 Å². The summed E-state index contributed by atoms with van der Waals surface area (Å²) in [5, 5.41) is 11.8. The Morgan fingerprint density at radius 2 is 1.61 bits per heavy atom. The first kappa shape index (κ1) is 19.9. The topological polar surface area (TPSA) is 75.6 Å². The lowest BCUT2D eigenvalue weighted by atomic mass is 9.98. The molecule has 2 N–H and O–H groups in total. The van der Waals surface area contributed by atoms with E-state index >= 15 is 0 Å². The van der Waals surface area contributed by atoms with Crippen LogP contribution in [0.4, 0.5) is 4.79 Å². The summed E-state index contributed by atoms with van der Waals surface area (Å²) in [5.41, 5.74) is 4.71. The molecule has 1 aliphatic rings. The largest absolute Gasteiger partial charge is 0.481 e. The molecule has 5 heteroatoms. The van der Waals surface area contributed by atoms with Crippen molar-refractivity contribution >= 4 is 12.1 Å². The minimum absolute atomic E-state index is 0.0146. The number of alkyl carbamates (subject to hydrolysis) is 1. The second-order valence-electron chi connectivity index (χ2n) is 7.73. The van der Waals surface area contributed by atoms with Crippen LogP contribution in [-0.2, 0) is 9.53 Å². The van der Waals surface area contributed by atoms with Gasteiger partial charge in [0.1, 0.15) is 6.61 Å². The molecule has 0 bridgehead atoms. The fraction of sp³-hybridized carbons (Fsp3) is 0.391. The van der Waals surface area contributed by atoms with Gasteiger partial charge >= 0.3 is 12.1 Å². The molecule has 1 amide bonds. The number of carboxylic acids is 1. The standard InChI is InChI=1S/C23H27NO4/c1-15(2)13-16(11-12-22(25)26)24-23(27)28-14-21-19-9-5-3-7-17(19)18-8-4-6-10-20(18)21/h3-10,15-16,21H,11-14H2,1-2H3,(H,24,27)(H,25,26)/t16-/m1/s1. The summed E-state index contributed by atoms with van der Waals surface area (Å²) in [6, 6.07) is 16.2. The Bertz CT molecular complexity index is 801. The van der Waals surface area contributed by atoms with Crippen LogP contribution in [0.5, 0.6) is 0 Å². The summed E-state index contributed by atoms with van der Waals surface area (Å²) >= 11 is 0. The van der Waals surface area contributed by atoms with Crippen molar-refractivity contribution in [1.29, 1.82) is 0 Å². The van der Waals surface area contributed by atoms with Crippen LogP contribution >= 0.6 is 0 Å². The van der Waals surface area contributed by atoms with Gasteiger partial charge in [0.15, 0.2) is 0 Å². The van der Waals surface area contributed by atoms with Gasteiger partial charge in [0.2, 0.25) is 0 Å². The summed E-state index contributed by atoms with van der Waals surface area (Å²) < 4.78 is 5.56. The van der Waals surface area contributed by atoms with Crippen molar-refractivity contribution in [3.05, 3.63) is 59.7 Å². The van der Waals surface area contributed by atoms with Gasteiger partial charge in [-0.15, -0.1) is 0 Å². The molecular weight excluding hydrogens is 354 g/mol. The van der Waals surface area contributed by atoms with E-state index in [1.165, 1.54) is 22.3 Å². The van der Waals surface area contributed by atoms with E-state index < -0.39 is 12.1 Å². The third-order valence-corrected chi connectivity index (χ3v) is 5.13. The highest BCUT2D eigenvalue weighted by atomic mass is 16.5. The highest BCUT2D eigenvalue weighted by molar-refractivity contribution is 5.79. The maximum Gasteiger partial charge on any atom is 0.407 e. The van der Waals surface area contributed by atoms with Crippen LogP contribution in [0.1, 0.15) is 50.2 Å². The van der Waals surface area contributed by atoms with Crippen LogP contribution in [0.3, 0.4) is 0 Å². The number of amides is 1. The monoisotopic (exact) mass is 381 g/mol. The predicted octanol–water partition coefficient (Wildman–Crippen LogP) is 4.80. The Morgan fingerprint density at radius 1 is 1.04 bits per heavy atom. The molecule has 0 heterocycles. The highest BCUT2D eigenvalue weighted by Crippen LogP contribution is 2.44. The molecule has 2 aromatic rings. The second kappa shape index (κ2) is 8.91. The molecule has 5 nitrogen and oxygen atoms in total. The fourth-order valence-corrected chi connectivity index (χ4v) is 3.92. The summed E-state index contributed by atoms with van der Waals surface area (Å²) in [7, 11) is 0. The average Bonchev–Trinajstić information content (AvgIpc) is 2.98. The van der Waals surface area contributed by atoms with Crippen LogP contribution in [-0.4, -0.2) is 29.8 Å². The van der Waals surface area contributed by atoms with Crippen LogP contribution in [0, 0.1) is 5.92 Å². The number of hydrogen-bond donors (Lipinski definition) is 2. The lowest BCUT2D eigenvalue weighted by Crippen LogP contribution is -2.37. The van der Waals surface area contributed by atoms with Gasteiger partial charge in [-0.25, -0.2) is 4.79 Å². The van der Waals surface area contributed by atoms with Gasteiger partial charge < -0.3 is 15.2 Å². The van der Waals surface area contributed by atoms with Gasteiger partial charge in [0.05, 0.1) is 0 Å². The number of ether oxygens (including phenoxy) is 1. The van der Waals surface area contributed by atoms with Crippen molar-refractivity contribution < 1.29 is 19.4 Å². The zero-order valence-electron chi connectivity index (χ0n) is 16.4. The number of hydrogen-bond acceptors (Lipinski definition) is 3. The molecule has 0 spiro atoms. The van der Waals surface area contributed by atoms with Crippen molar-refractivity contribution in [3.63, 3.8) is 0 Å². The van der Waals surface area contributed by atoms with Gasteiger partial charge in [0.25, 0.3) is 0 Å². The quantitative estimate of drug-likeness (QED) is 0.688. The molecule has 28 heavy (non-hydrogen) atoms. The molecule has 1 atom stereocenters. The minimum atomic E-state index is -0.858. The number of nitrogens with one attached hydrogen (secondary N) is 1. The van der Waals surface area contributed by atoms with Crippen molar-refractivity contribution in [2.45, 2.75) is 45.1 Å². The van der Waals surface area contributed by atoms with E-state index in [4.69, 9.17) is 9.84 Å². The molecule has 0 saturated carbocycles. The second-order valence-corrected chi connectivity index (χ2v) is 7.73. The van der Waals surface area contributed by atoms with Gasteiger partial charge in [-0.3, -0.25) is 4.79 Å². The molecule has 0 fully saturated rings. The first-order chi connectivity index (χ1) is 13.5. The molecule has 1 aliphatic carbocycles. The first-order valence-electron chi connectivity index (χ1n) is 9.79. The Morgan fingerprint density at radius 3 is 2.14 bits per heavy atom. The lowest BCUT2D eigenvalue weighted by molar-refractivity contribution is -0.137. The Labute approximate surface area is 165 Å². The summed E-state index contributed by atoms with van der Waals surface area (Å²) in [6.45, 7) is 4.35. The Kier molecular flexibility index (Phi) is 6.34. The Hall–Kier alpha value is -2.82. The zero-order chi connectivity index (χ0) is 20.1. The van der Waals surface area contributed by atoms with Crippen LogP contribution < -0.4 is 5.32 Å². The predicted molar refractivity (Wildman–Crippen MR) is 108 cm³/mol. The summed E-state index contributed by atoms with van der Waals surface area (Å²) in [5.74, 6) is -0.489. The summed E-state index contributed by atoms with van der Waals surface area (Å²) in [6.07, 6.45) is 0.661. The van der Waals surface area contributed by atoms with Crippen LogP contribution in [0.25, 0.3) is 11.1 Å². The maximum atomic E-state index is 12.4. The SMILES string of the molecule is CC(C)C[C@@H](CCC(=O)O)NC(=O)OCC1c2ccccc2-c2ccccc21. The normalized spacial score (nSPS) is 13.7. The van der Waals surface area contributed by atoms with Crippen LogP contribution in [0.15, 0.2) is 48.5 Å². The number of carbonyl (C=O) groups is 2. The molecule has 3 rings (SSSR count).